The second kappa shape index (κ2) is 6.76. The van der Waals surface area contributed by atoms with E-state index in [4.69, 9.17) is 4.84 Å². The molecule has 0 N–H and O–H groups in total. The SMILES string of the molecule is FC(F)(F)c1cccc(CON=Cc2ccc(Br)cc2)c1. The number of oxime groups is 1. The highest BCUT2D eigenvalue weighted by molar-refractivity contribution is 9.10. The predicted molar refractivity (Wildman–Crippen MR) is 78.0 cm³/mol. The third-order valence-corrected chi connectivity index (χ3v) is 3.16. The van der Waals surface area contributed by atoms with Gasteiger partial charge in [0, 0.05) is 4.47 Å². The van der Waals surface area contributed by atoms with Crippen LogP contribution in [0, 0.1) is 0 Å². The molecule has 21 heavy (non-hydrogen) atoms. The summed E-state index contributed by atoms with van der Waals surface area (Å²) in [4.78, 5) is 5.01. The van der Waals surface area contributed by atoms with Gasteiger partial charge in [0.15, 0.2) is 0 Å². The van der Waals surface area contributed by atoms with Crippen molar-refractivity contribution in [2.45, 2.75) is 12.8 Å². The molecular formula is C15H11BrF3NO. The number of benzene rings is 2. The second-order valence-electron chi connectivity index (χ2n) is 4.26. The summed E-state index contributed by atoms with van der Waals surface area (Å²) in [7, 11) is 0. The summed E-state index contributed by atoms with van der Waals surface area (Å²) in [6.07, 6.45) is -2.85. The fourth-order valence-electron chi connectivity index (χ4n) is 1.60. The van der Waals surface area contributed by atoms with Crippen LogP contribution in [0.25, 0.3) is 0 Å². The molecule has 0 atom stereocenters. The lowest BCUT2D eigenvalue weighted by Crippen LogP contribution is -2.05. The lowest BCUT2D eigenvalue weighted by molar-refractivity contribution is -0.137. The van der Waals surface area contributed by atoms with Gasteiger partial charge in [0.1, 0.15) is 6.61 Å². The monoisotopic (exact) mass is 357 g/mol. The topological polar surface area (TPSA) is 21.6 Å². The summed E-state index contributed by atoms with van der Waals surface area (Å²) in [5.41, 5.74) is 0.556. The maximum Gasteiger partial charge on any atom is 0.416 e. The molecule has 2 aromatic carbocycles. The summed E-state index contributed by atoms with van der Waals surface area (Å²) < 4.78 is 38.6. The van der Waals surface area contributed by atoms with Gasteiger partial charge in [0.05, 0.1) is 11.8 Å². The van der Waals surface area contributed by atoms with E-state index in [0.29, 0.717) is 5.56 Å². The number of rotatable bonds is 4. The largest absolute Gasteiger partial charge is 0.416 e. The number of halogens is 4. The van der Waals surface area contributed by atoms with Crippen molar-refractivity contribution in [3.05, 3.63) is 69.7 Å². The molecule has 110 valence electrons. The summed E-state index contributed by atoms with van der Waals surface area (Å²) in [6, 6.07) is 12.4. The van der Waals surface area contributed by atoms with Gasteiger partial charge < -0.3 is 4.84 Å². The zero-order valence-electron chi connectivity index (χ0n) is 10.8. The Kier molecular flexibility index (Phi) is 5.01. The Morgan fingerprint density at radius 1 is 1.10 bits per heavy atom. The summed E-state index contributed by atoms with van der Waals surface area (Å²) >= 11 is 3.31. The Bertz CT molecular complexity index is 624. The van der Waals surface area contributed by atoms with Gasteiger partial charge in [0.2, 0.25) is 0 Å². The van der Waals surface area contributed by atoms with Crippen LogP contribution in [0.2, 0.25) is 0 Å². The van der Waals surface area contributed by atoms with Crippen LogP contribution in [0.4, 0.5) is 13.2 Å². The standard InChI is InChI=1S/C15H11BrF3NO/c16-14-6-4-11(5-7-14)9-20-21-10-12-2-1-3-13(8-12)15(17,18)19/h1-9H,10H2. The van der Waals surface area contributed by atoms with Gasteiger partial charge in [0.25, 0.3) is 0 Å². The summed E-state index contributed by atoms with van der Waals surface area (Å²) in [6.45, 7) is -0.0169. The van der Waals surface area contributed by atoms with E-state index in [1.54, 1.807) is 6.07 Å². The molecule has 0 saturated carbocycles. The van der Waals surface area contributed by atoms with Crippen molar-refractivity contribution in [2.75, 3.05) is 0 Å². The van der Waals surface area contributed by atoms with Crippen molar-refractivity contribution in [1.82, 2.24) is 0 Å². The highest BCUT2D eigenvalue weighted by atomic mass is 79.9. The first kappa shape index (κ1) is 15.6. The minimum atomic E-state index is -4.35. The van der Waals surface area contributed by atoms with Gasteiger partial charge in [-0.2, -0.15) is 13.2 Å². The van der Waals surface area contributed by atoms with Crippen LogP contribution >= 0.6 is 15.9 Å². The highest BCUT2D eigenvalue weighted by Crippen LogP contribution is 2.29. The van der Waals surface area contributed by atoms with Crippen LogP contribution < -0.4 is 0 Å². The molecule has 0 aliphatic carbocycles. The number of hydrogen-bond donors (Lipinski definition) is 0. The Morgan fingerprint density at radius 2 is 1.81 bits per heavy atom. The quantitative estimate of drug-likeness (QED) is 0.556. The van der Waals surface area contributed by atoms with Crippen LogP contribution in [0.3, 0.4) is 0 Å². The molecule has 0 bridgehead atoms. The molecule has 0 fully saturated rings. The van der Waals surface area contributed by atoms with E-state index in [2.05, 4.69) is 21.1 Å². The maximum absolute atomic E-state index is 12.5. The Morgan fingerprint density at radius 3 is 2.48 bits per heavy atom. The first-order valence-corrected chi connectivity index (χ1v) is 6.81. The molecule has 0 saturated heterocycles. The molecule has 0 aliphatic heterocycles. The summed E-state index contributed by atoms with van der Waals surface area (Å²) in [5, 5.41) is 3.74. The number of hydrogen-bond acceptors (Lipinski definition) is 2. The van der Waals surface area contributed by atoms with Gasteiger partial charge in [-0.1, -0.05) is 45.4 Å². The third kappa shape index (κ3) is 4.90. The smallest absolute Gasteiger partial charge is 0.391 e. The molecule has 0 aliphatic rings. The zero-order valence-corrected chi connectivity index (χ0v) is 12.4. The minimum Gasteiger partial charge on any atom is -0.391 e. The minimum absolute atomic E-state index is 0.0169. The molecular weight excluding hydrogens is 347 g/mol. The van der Waals surface area contributed by atoms with Crippen LogP contribution in [0.5, 0.6) is 0 Å². The van der Waals surface area contributed by atoms with Crippen molar-refractivity contribution in [1.29, 1.82) is 0 Å². The second-order valence-corrected chi connectivity index (χ2v) is 5.17. The highest BCUT2D eigenvalue weighted by Gasteiger charge is 2.30. The van der Waals surface area contributed by atoms with Gasteiger partial charge in [-0.05, 0) is 35.4 Å². The molecule has 2 rings (SSSR count). The molecule has 0 spiro atoms. The molecule has 0 heterocycles. The average Bonchev–Trinajstić information content (AvgIpc) is 2.45. The summed E-state index contributed by atoms with van der Waals surface area (Å²) in [5.74, 6) is 0. The predicted octanol–water partition coefficient (Wildman–Crippen LogP) is 5.02. The van der Waals surface area contributed by atoms with Crippen LogP contribution in [-0.4, -0.2) is 6.21 Å². The Balaban J connectivity index is 1.93. The van der Waals surface area contributed by atoms with Gasteiger partial charge in [-0.25, -0.2) is 0 Å². The molecule has 6 heteroatoms. The fourth-order valence-corrected chi connectivity index (χ4v) is 1.86. The Hall–Kier alpha value is -1.82. The van der Waals surface area contributed by atoms with Crippen molar-refractivity contribution in [2.24, 2.45) is 5.16 Å². The van der Waals surface area contributed by atoms with E-state index in [-0.39, 0.29) is 6.61 Å². The number of alkyl halides is 3. The molecule has 0 aromatic heterocycles. The average molecular weight is 358 g/mol. The van der Waals surface area contributed by atoms with Crippen molar-refractivity contribution < 1.29 is 18.0 Å². The molecule has 0 amide bonds. The van der Waals surface area contributed by atoms with Gasteiger partial charge in [-0.15, -0.1) is 0 Å². The molecule has 0 radical (unpaired) electrons. The van der Waals surface area contributed by atoms with E-state index >= 15 is 0 Å². The Labute approximate surface area is 128 Å². The van der Waals surface area contributed by atoms with Crippen molar-refractivity contribution in [3.8, 4) is 0 Å². The van der Waals surface area contributed by atoms with E-state index in [0.717, 1.165) is 22.2 Å². The van der Waals surface area contributed by atoms with Crippen LogP contribution in [0.1, 0.15) is 16.7 Å². The zero-order chi connectivity index (χ0) is 15.3. The van der Waals surface area contributed by atoms with Crippen molar-refractivity contribution in [3.63, 3.8) is 0 Å². The van der Waals surface area contributed by atoms with Gasteiger partial charge in [-0.3, -0.25) is 0 Å². The van der Waals surface area contributed by atoms with Crippen LogP contribution in [0.15, 0.2) is 58.2 Å². The van der Waals surface area contributed by atoms with Crippen LogP contribution in [-0.2, 0) is 17.6 Å². The lowest BCUT2D eigenvalue weighted by atomic mass is 10.1. The first-order valence-electron chi connectivity index (χ1n) is 6.02. The third-order valence-electron chi connectivity index (χ3n) is 2.63. The molecule has 2 aromatic rings. The van der Waals surface area contributed by atoms with E-state index in [1.165, 1.54) is 12.3 Å². The lowest BCUT2D eigenvalue weighted by Gasteiger charge is -2.07. The molecule has 2 nitrogen and oxygen atoms in total. The fraction of sp³-hybridized carbons (Fsp3) is 0.133. The maximum atomic E-state index is 12.5. The van der Waals surface area contributed by atoms with E-state index in [9.17, 15) is 13.2 Å². The first-order chi connectivity index (χ1) is 9.95. The number of nitrogens with zero attached hydrogens (tertiary/aromatic N) is 1. The van der Waals surface area contributed by atoms with Gasteiger partial charge >= 0.3 is 6.18 Å². The van der Waals surface area contributed by atoms with Crippen molar-refractivity contribution >= 4 is 22.1 Å². The van der Waals surface area contributed by atoms with E-state index in [1.807, 2.05) is 24.3 Å². The molecule has 0 unspecified atom stereocenters. The van der Waals surface area contributed by atoms with E-state index < -0.39 is 11.7 Å². The normalized spacial score (nSPS) is 11.8.